The monoisotopic (exact) mass is 446 g/mol. The number of carbonyl (C=O) groups is 2. The summed E-state index contributed by atoms with van der Waals surface area (Å²) in [5.41, 5.74) is 0.282. The third-order valence-corrected chi connectivity index (χ3v) is 5.58. The van der Waals surface area contributed by atoms with Crippen molar-refractivity contribution in [2.24, 2.45) is 0 Å². The van der Waals surface area contributed by atoms with E-state index in [1.807, 2.05) is 6.08 Å². The number of nitro benzene ring substituents is 1. The number of carbonyl (C=O) groups excluding carboxylic acids is 2. The van der Waals surface area contributed by atoms with Crippen molar-refractivity contribution < 1.29 is 24.0 Å². The van der Waals surface area contributed by atoms with Crippen molar-refractivity contribution in [1.29, 1.82) is 0 Å². The first-order valence-electron chi connectivity index (χ1n) is 11.5. The van der Waals surface area contributed by atoms with Gasteiger partial charge in [-0.2, -0.15) is 0 Å². The molecular weight excluding hydrogens is 412 g/mol. The van der Waals surface area contributed by atoms with Gasteiger partial charge >= 0.3 is 12.1 Å². The van der Waals surface area contributed by atoms with Crippen LogP contribution in [0.5, 0.6) is 0 Å². The van der Waals surface area contributed by atoms with Gasteiger partial charge in [-0.1, -0.05) is 43.9 Å². The second kappa shape index (κ2) is 14.2. The summed E-state index contributed by atoms with van der Waals surface area (Å²) >= 11 is 0. The standard InChI is InChI=1S/C24H34N2O6/c1-2-3-4-5-6-7-8-9-14-23(27)32-21-15-17-25(18-16-21)24(28)31-19-20-12-10-11-13-22(20)26(29)30/h2,10-13,21H,1,3-9,14-19H2. The second-order valence-electron chi connectivity index (χ2n) is 8.07. The van der Waals surface area contributed by atoms with Crippen LogP contribution in [0.1, 0.15) is 69.8 Å². The maximum Gasteiger partial charge on any atom is 0.410 e. The molecule has 1 saturated heterocycles. The first-order chi connectivity index (χ1) is 15.5. The van der Waals surface area contributed by atoms with Crippen molar-refractivity contribution in [3.8, 4) is 0 Å². The van der Waals surface area contributed by atoms with Crippen LogP contribution >= 0.6 is 0 Å². The van der Waals surface area contributed by atoms with Gasteiger partial charge in [0.15, 0.2) is 0 Å². The van der Waals surface area contributed by atoms with Gasteiger partial charge in [0.1, 0.15) is 12.7 Å². The minimum absolute atomic E-state index is 0.0707. The van der Waals surface area contributed by atoms with Crippen LogP contribution < -0.4 is 0 Å². The van der Waals surface area contributed by atoms with Crippen LogP contribution in [0.3, 0.4) is 0 Å². The molecule has 32 heavy (non-hydrogen) atoms. The molecule has 2 rings (SSSR count). The number of benzene rings is 1. The summed E-state index contributed by atoms with van der Waals surface area (Å²) in [4.78, 5) is 36.4. The topological polar surface area (TPSA) is 99.0 Å². The van der Waals surface area contributed by atoms with Gasteiger partial charge in [-0.25, -0.2) is 4.79 Å². The van der Waals surface area contributed by atoms with Crippen molar-refractivity contribution >= 4 is 17.7 Å². The van der Waals surface area contributed by atoms with E-state index >= 15 is 0 Å². The molecule has 1 amide bonds. The molecule has 0 radical (unpaired) electrons. The maximum absolute atomic E-state index is 12.3. The van der Waals surface area contributed by atoms with E-state index in [2.05, 4.69) is 6.58 Å². The van der Waals surface area contributed by atoms with E-state index in [9.17, 15) is 19.7 Å². The number of piperidine rings is 1. The fraction of sp³-hybridized carbons (Fsp3) is 0.583. The molecule has 0 atom stereocenters. The Hall–Kier alpha value is -2.90. The Morgan fingerprint density at radius 3 is 2.44 bits per heavy atom. The summed E-state index contributed by atoms with van der Waals surface area (Å²) in [6.45, 7) is 4.42. The predicted molar refractivity (Wildman–Crippen MR) is 121 cm³/mol. The highest BCUT2D eigenvalue weighted by molar-refractivity contribution is 5.70. The highest BCUT2D eigenvalue weighted by Gasteiger charge is 2.26. The summed E-state index contributed by atoms with van der Waals surface area (Å²) in [6, 6.07) is 6.19. The van der Waals surface area contributed by atoms with E-state index in [4.69, 9.17) is 9.47 Å². The van der Waals surface area contributed by atoms with Gasteiger partial charge in [-0.05, 0) is 25.3 Å². The quantitative estimate of drug-likeness (QED) is 0.130. The third-order valence-electron chi connectivity index (χ3n) is 5.58. The normalized spacial score (nSPS) is 14.1. The molecule has 1 heterocycles. The number of hydrogen-bond acceptors (Lipinski definition) is 6. The van der Waals surface area contributed by atoms with E-state index in [0.29, 0.717) is 37.9 Å². The number of rotatable bonds is 13. The Bertz CT molecular complexity index is 759. The Morgan fingerprint density at radius 1 is 1.09 bits per heavy atom. The van der Waals surface area contributed by atoms with Crippen LogP contribution in [0.2, 0.25) is 0 Å². The average molecular weight is 447 g/mol. The van der Waals surface area contributed by atoms with E-state index in [1.165, 1.54) is 25.3 Å². The average Bonchev–Trinajstić information content (AvgIpc) is 2.79. The molecule has 1 aliphatic rings. The molecule has 0 saturated carbocycles. The zero-order chi connectivity index (χ0) is 23.2. The second-order valence-corrected chi connectivity index (χ2v) is 8.07. The van der Waals surface area contributed by atoms with Gasteiger partial charge in [0.25, 0.3) is 5.69 Å². The minimum Gasteiger partial charge on any atom is -0.462 e. The van der Waals surface area contributed by atoms with Gasteiger partial charge in [-0.3, -0.25) is 14.9 Å². The van der Waals surface area contributed by atoms with Crippen LogP contribution in [0.4, 0.5) is 10.5 Å². The van der Waals surface area contributed by atoms with Gasteiger partial charge in [-0.15, -0.1) is 6.58 Å². The molecule has 0 bridgehead atoms. The number of ether oxygens (including phenoxy) is 2. The Morgan fingerprint density at radius 2 is 1.75 bits per heavy atom. The van der Waals surface area contributed by atoms with Crippen LogP contribution in [0.25, 0.3) is 0 Å². The lowest BCUT2D eigenvalue weighted by Gasteiger charge is -2.31. The van der Waals surface area contributed by atoms with Gasteiger partial charge in [0.2, 0.25) is 0 Å². The van der Waals surface area contributed by atoms with Crippen LogP contribution in [-0.2, 0) is 20.9 Å². The lowest BCUT2D eigenvalue weighted by Crippen LogP contribution is -2.41. The number of nitro groups is 1. The number of likely N-dealkylation sites (tertiary alicyclic amines) is 1. The SMILES string of the molecule is C=CCCCCCCCCC(=O)OC1CCN(C(=O)OCc2ccccc2[N+](=O)[O-])CC1. The molecule has 176 valence electrons. The van der Waals surface area contributed by atoms with Gasteiger partial charge in [0.05, 0.1) is 10.5 Å². The fourth-order valence-corrected chi connectivity index (χ4v) is 3.71. The minimum atomic E-state index is -0.513. The zero-order valence-electron chi connectivity index (χ0n) is 18.7. The maximum atomic E-state index is 12.3. The molecule has 0 aromatic heterocycles. The van der Waals surface area contributed by atoms with Crippen molar-refractivity contribution in [2.75, 3.05) is 13.1 Å². The molecule has 8 heteroatoms. The molecule has 1 aromatic carbocycles. The van der Waals surface area contributed by atoms with Gasteiger partial charge in [0, 0.05) is 38.4 Å². The number of para-hydroxylation sites is 1. The van der Waals surface area contributed by atoms with Crippen LogP contribution in [0.15, 0.2) is 36.9 Å². The zero-order valence-corrected chi connectivity index (χ0v) is 18.7. The Labute approximate surface area is 189 Å². The molecule has 8 nitrogen and oxygen atoms in total. The lowest BCUT2D eigenvalue weighted by molar-refractivity contribution is -0.385. The van der Waals surface area contributed by atoms with Crippen LogP contribution in [-0.4, -0.2) is 41.1 Å². The molecule has 1 aliphatic heterocycles. The number of unbranched alkanes of at least 4 members (excludes halogenated alkanes) is 6. The third kappa shape index (κ3) is 9.08. The highest BCUT2D eigenvalue weighted by atomic mass is 16.6. The van der Waals surface area contributed by atoms with Gasteiger partial charge < -0.3 is 14.4 Å². The molecule has 0 aliphatic carbocycles. The van der Waals surface area contributed by atoms with Crippen molar-refractivity contribution in [3.05, 3.63) is 52.6 Å². The van der Waals surface area contributed by atoms with Crippen molar-refractivity contribution in [2.45, 2.75) is 76.9 Å². The van der Waals surface area contributed by atoms with E-state index in [0.717, 1.165) is 25.7 Å². The summed E-state index contributed by atoms with van der Waals surface area (Å²) in [5.74, 6) is -0.172. The summed E-state index contributed by atoms with van der Waals surface area (Å²) in [6.07, 6.45) is 10.5. The molecule has 0 N–H and O–H groups in total. The number of nitrogens with zero attached hydrogens (tertiary/aromatic N) is 2. The van der Waals surface area contributed by atoms with Crippen molar-refractivity contribution in [3.63, 3.8) is 0 Å². The molecule has 1 aromatic rings. The van der Waals surface area contributed by atoms with E-state index in [1.54, 1.807) is 23.1 Å². The van der Waals surface area contributed by atoms with Crippen LogP contribution in [0, 0.1) is 10.1 Å². The fourth-order valence-electron chi connectivity index (χ4n) is 3.71. The summed E-state index contributed by atoms with van der Waals surface area (Å²) in [7, 11) is 0. The molecule has 0 spiro atoms. The summed E-state index contributed by atoms with van der Waals surface area (Å²) in [5, 5.41) is 11.0. The van der Waals surface area contributed by atoms with E-state index in [-0.39, 0.29) is 24.4 Å². The lowest BCUT2D eigenvalue weighted by atomic mass is 10.1. The highest BCUT2D eigenvalue weighted by Crippen LogP contribution is 2.20. The Balaban J connectivity index is 1.59. The first kappa shape index (κ1) is 25.4. The Kier molecular flexibility index (Phi) is 11.3. The largest absolute Gasteiger partial charge is 0.462 e. The molecular formula is C24H34N2O6. The molecule has 1 fully saturated rings. The molecule has 0 unspecified atom stereocenters. The number of hydrogen-bond donors (Lipinski definition) is 0. The first-order valence-corrected chi connectivity index (χ1v) is 11.5. The number of allylic oxidation sites excluding steroid dienone is 1. The van der Waals surface area contributed by atoms with E-state index < -0.39 is 11.0 Å². The number of esters is 1. The number of amides is 1. The van der Waals surface area contributed by atoms with Crippen molar-refractivity contribution in [1.82, 2.24) is 4.90 Å². The smallest absolute Gasteiger partial charge is 0.410 e. The summed E-state index contributed by atoms with van der Waals surface area (Å²) < 4.78 is 10.8. The predicted octanol–water partition coefficient (Wildman–Crippen LogP) is 5.55.